The minimum absolute atomic E-state index is 0.218. The highest BCUT2D eigenvalue weighted by Gasteiger charge is 2.39. The Kier molecular flexibility index (Phi) is 10.0. The summed E-state index contributed by atoms with van der Waals surface area (Å²) in [7, 11) is -3.74. The van der Waals surface area contributed by atoms with E-state index in [1.54, 1.807) is 0 Å². The number of carbonyl (C=O) groups excluding carboxylic acids is 1. The second kappa shape index (κ2) is 13.4. The number of amides is 1. The van der Waals surface area contributed by atoms with Gasteiger partial charge in [0.05, 0.1) is 17.4 Å². The average molecular weight is 675 g/mol. The molecule has 0 aromatic heterocycles. The van der Waals surface area contributed by atoms with Gasteiger partial charge in [-0.1, -0.05) is 23.7 Å². The number of halogens is 5. The Hall–Kier alpha value is -2.90. The van der Waals surface area contributed by atoms with Crippen molar-refractivity contribution >= 4 is 33.5 Å². The molecule has 0 unspecified atom stereocenters. The van der Waals surface area contributed by atoms with Crippen molar-refractivity contribution in [3.63, 3.8) is 0 Å². The molecule has 2 N–H and O–H groups in total. The average Bonchev–Trinajstić information content (AvgIpc) is 3.82. The number of hydrogen-bond donors (Lipinski definition) is 2. The van der Waals surface area contributed by atoms with Crippen LogP contribution >= 0.6 is 11.6 Å². The van der Waals surface area contributed by atoms with Crippen molar-refractivity contribution in [2.75, 3.05) is 19.7 Å². The Labute approximate surface area is 264 Å². The number of sulfonamides is 1. The minimum Gasteiger partial charge on any atom is -0.493 e. The van der Waals surface area contributed by atoms with Crippen molar-refractivity contribution in [3.8, 4) is 5.75 Å². The highest BCUT2D eigenvalue weighted by molar-refractivity contribution is 7.91. The van der Waals surface area contributed by atoms with Crippen LogP contribution in [0.25, 0.3) is 0 Å². The third-order valence-corrected chi connectivity index (χ3v) is 10.7. The van der Waals surface area contributed by atoms with E-state index in [-0.39, 0.29) is 11.5 Å². The fourth-order valence-corrected chi connectivity index (χ4v) is 6.89. The van der Waals surface area contributed by atoms with E-state index in [4.69, 9.17) is 26.2 Å². The number of carbonyl (C=O) groups is 2. The largest absolute Gasteiger partial charge is 0.493 e. The number of likely N-dealkylation sites (tertiary alicyclic amines) is 1. The van der Waals surface area contributed by atoms with Crippen molar-refractivity contribution < 1.29 is 45.4 Å². The SMILES string of the molecule is O=C(NS(=O)(=O)C1CC1)c1cc(C2CC2)c(OCC2CCN(Cc3ccc(C4CC4)cc3Cl)CC2)cc1F.O=C(O)C(F)(F)F. The molecule has 246 valence electrons. The van der Waals surface area contributed by atoms with Gasteiger partial charge in [0, 0.05) is 17.6 Å². The van der Waals surface area contributed by atoms with Crippen molar-refractivity contribution in [2.24, 2.45) is 5.92 Å². The summed E-state index contributed by atoms with van der Waals surface area (Å²) in [4.78, 5) is 23.9. The predicted octanol–water partition coefficient (Wildman–Crippen LogP) is 6.38. The standard InChI is InChI=1S/C29H34ClFN2O4S.C2HF3O2/c30-26-13-21(19-1-2-19)5-6-22(26)16-33-11-9-18(10-12-33)17-37-28-15-27(31)25(14-24(28)20-3-4-20)29(34)32-38(35,36)23-7-8-23;3-2(4,5)1(6)7/h5-6,13-15,18-20,23H,1-4,7-12,16-17H2,(H,32,34);(H,6,7). The number of ether oxygens (including phenoxy) is 1. The van der Waals surface area contributed by atoms with Crippen molar-refractivity contribution in [1.29, 1.82) is 0 Å². The fourth-order valence-electron chi connectivity index (χ4n) is 5.35. The van der Waals surface area contributed by atoms with E-state index in [0.29, 0.717) is 37.0 Å². The molecule has 3 saturated carbocycles. The molecular weight excluding hydrogens is 640 g/mol. The van der Waals surface area contributed by atoms with Crippen LogP contribution in [0.1, 0.15) is 90.3 Å². The number of carboxylic acids is 1. The van der Waals surface area contributed by atoms with Crippen LogP contribution in [-0.4, -0.2) is 61.4 Å². The van der Waals surface area contributed by atoms with Gasteiger partial charge < -0.3 is 9.84 Å². The molecule has 1 heterocycles. The molecule has 0 bridgehead atoms. The van der Waals surface area contributed by atoms with Crippen LogP contribution in [0.15, 0.2) is 30.3 Å². The van der Waals surface area contributed by atoms with Crippen molar-refractivity contribution in [2.45, 2.75) is 81.2 Å². The van der Waals surface area contributed by atoms with Crippen molar-refractivity contribution in [3.05, 3.63) is 63.4 Å². The molecule has 4 fully saturated rings. The highest BCUT2D eigenvalue weighted by Crippen LogP contribution is 2.45. The van der Waals surface area contributed by atoms with Gasteiger partial charge in [0.2, 0.25) is 10.0 Å². The molecule has 0 atom stereocenters. The van der Waals surface area contributed by atoms with Gasteiger partial charge in [-0.3, -0.25) is 9.69 Å². The van der Waals surface area contributed by atoms with Crippen LogP contribution in [-0.2, 0) is 21.4 Å². The Morgan fingerprint density at radius 3 is 2.13 bits per heavy atom. The maximum absolute atomic E-state index is 14.9. The summed E-state index contributed by atoms with van der Waals surface area (Å²) in [5, 5.41) is 7.44. The van der Waals surface area contributed by atoms with Crippen LogP contribution in [0, 0.1) is 11.7 Å². The summed E-state index contributed by atoms with van der Waals surface area (Å²) in [6.45, 7) is 3.24. The summed E-state index contributed by atoms with van der Waals surface area (Å²) in [6.07, 6.45) is 2.39. The van der Waals surface area contributed by atoms with Gasteiger partial charge in [0.25, 0.3) is 5.91 Å². The van der Waals surface area contributed by atoms with Gasteiger partial charge in [-0.15, -0.1) is 0 Å². The first kappa shape index (κ1) is 33.5. The van der Waals surface area contributed by atoms with E-state index in [1.807, 2.05) is 4.72 Å². The van der Waals surface area contributed by atoms with Gasteiger partial charge in [-0.05, 0) is 111 Å². The Morgan fingerprint density at radius 1 is 0.978 bits per heavy atom. The predicted molar refractivity (Wildman–Crippen MR) is 158 cm³/mol. The third-order valence-electron chi connectivity index (χ3n) is 8.50. The molecule has 0 radical (unpaired) electrons. The second-order valence-electron chi connectivity index (χ2n) is 12.3. The zero-order valence-corrected chi connectivity index (χ0v) is 26.0. The molecule has 45 heavy (non-hydrogen) atoms. The number of rotatable bonds is 10. The lowest BCUT2D eigenvalue weighted by atomic mass is 9.97. The molecule has 2 aromatic carbocycles. The Bertz CT molecular complexity index is 1530. The molecule has 6 rings (SSSR count). The quantitative estimate of drug-likeness (QED) is 0.281. The normalized spacial score (nSPS) is 19.4. The van der Waals surface area contributed by atoms with Crippen molar-refractivity contribution in [1.82, 2.24) is 9.62 Å². The molecule has 8 nitrogen and oxygen atoms in total. The number of nitrogens with one attached hydrogen (secondary N) is 1. The lowest BCUT2D eigenvalue weighted by Crippen LogP contribution is -2.35. The molecule has 14 heteroatoms. The van der Waals surface area contributed by atoms with Gasteiger partial charge in [0.1, 0.15) is 11.6 Å². The summed E-state index contributed by atoms with van der Waals surface area (Å²) in [5.41, 5.74) is 3.08. The first-order valence-electron chi connectivity index (χ1n) is 15.0. The van der Waals surface area contributed by atoms with Gasteiger partial charge >= 0.3 is 12.1 Å². The minimum atomic E-state index is -5.08. The Morgan fingerprint density at radius 2 is 1.60 bits per heavy atom. The zero-order valence-electron chi connectivity index (χ0n) is 24.4. The molecule has 4 aliphatic rings. The van der Waals surface area contributed by atoms with Crippen LogP contribution in [0.5, 0.6) is 5.75 Å². The summed E-state index contributed by atoms with van der Waals surface area (Å²) >= 11 is 6.57. The third kappa shape index (κ3) is 9.10. The summed E-state index contributed by atoms with van der Waals surface area (Å²) < 4.78 is 79.1. The number of benzene rings is 2. The van der Waals surface area contributed by atoms with E-state index >= 15 is 0 Å². The molecule has 1 aliphatic heterocycles. The number of piperidine rings is 1. The van der Waals surface area contributed by atoms with E-state index < -0.39 is 39.1 Å². The maximum atomic E-state index is 14.9. The summed E-state index contributed by atoms with van der Waals surface area (Å²) in [5.74, 6) is -2.67. The number of carboxylic acid groups (broad SMARTS) is 1. The first-order chi connectivity index (χ1) is 21.2. The van der Waals surface area contributed by atoms with Crippen LogP contribution in [0.3, 0.4) is 0 Å². The molecular formula is C31H35ClF4N2O6S. The van der Waals surface area contributed by atoms with E-state index in [2.05, 4.69) is 23.1 Å². The lowest BCUT2D eigenvalue weighted by Gasteiger charge is -2.32. The van der Waals surface area contributed by atoms with Crippen LogP contribution in [0.2, 0.25) is 5.02 Å². The molecule has 1 saturated heterocycles. The van der Waals surface area contributed by atoms with E-state index in [9.17, 15) is 30.8 Å². The molecule has 0 spiro atoms. The van der Waals surface area contributed by atoms with E-state index in [1.165, 1.54) is 36.1 Å². The topological polar surface area (TPSA) is 113 Å². The number of nitrogens with zero attached hydrogens (tertiary/aromatic N) is 1. The Balaban J connectivity index is 0.000000515. The smallest absolute Gasteiger partial charge is 0.490 e. The maximum Gasteiger partial charge on any atom is 0.490 e. The first-order valence-corrected chi connectivity index (χ1v) is 17.0. The van der Waals surface area contributed by atoms with E-state index in [0.717, 1.165) is 55.9 Å². The molecule has 1 amide bonds. The highest BCUT2D eigenvalue weighted by atomic mass is 35.5. The zero-order chi connectivity index (χ0) is 32.5. The number of hydrogen-bond acceptors (Lipinski definition) is 6. The van der Waals surface area contributed by atoms with Crippen LogP contribution < -0.4 is 9.46 Å². The number of aliphatic carboxylic acids is 1. The monoisotopic (exact) mass is 674 g/mol. The molecule has 2 aromatic rings. The van der Waals surface area contributed by atoms with Crippen LogP contribution in [0.4, 0.5) is 17.6 Å². The lowest BCUT2D eigenvalue weighted by molar-refractivity contribution is -0.192. The second-order valence-corrected chi connectivity index (χ2v) is 14.6. The van der Waals surface area contributed by atoms with Gasteiger partial charge in [-0.25, -0.2) is 22.3 Å². The molecule has 3 aliphatic carbocycles. The number of alkyl halides is 3. The van der Waals surface area contributed by atoms with Gasteiger partial charge in [0.15, 0.2) is 0 Å². The summed E-state index contributed by atoms with van der Waals surface area (Å²) in [6, 6.07) is 9.27. The van der Waals surface area contributed by atoms with Gasteiger partial charge in [-0.2, -0.15) is 13.2 Å². The fraction of sp³-hybridized carbons (Fsp3) is 0.548.